The smallest absolute Gasteiger partial charge is 0.319 e. The average Bonchev–Trinajstić information content (AvgIpc) is 2.65. The fourth-order valence-electron chi connectivity index (χ4n) is 1.40. The predicted octanol–water partition coefficient (Wildman–Crippen LogP) is 2.06. The van der Waals surface area contributed by atoms with Crippen molar-refractivity contribution in [3.05, 3.63) is 0 Å². The Morgan fingerprint density at radius 2 is 2.13 bits per heavy atom. The highest BCUT2D eigenvalue weighted by atomic mass is 16.4. The summed E-state index contributed by atoms with van der Waals surface area (Å²) < 4.78 is 5.25. The quantitative estimate of drug-likeness (QED) is 0.781. The van der Waals surface area contributed by atoms with Gasteiger partial charge >= 0.3 is 12.0 Å². The second-order valence-corrected chi connectivity index (χ2v) is 3.73. The molecule has 0 aliphatic carbocycles. The number of nitrogens with two attached hydrogens (primary N) is 1. The van der Waals surface area contributed by atoms with Gasteiger partial charge < -0.3 is 15.1 Å². The van der Waals surface area contributed by atoms with E-state index in [9.17, 15) is 0 Å². The first-order valence-electron chi connectivity index (χ1n) is 5.54. The zero-order chi connectivity index (χ0) is 11.3. The third-order valence-electron chi connectivity index (χ3n) is 2.55. The zero-order valence-corrected chi connectivity index (χ0v) is 9.73. The zero-order valence-electron chi connectivity index (χ0n) is 9.73. The first kappa shape index (κ1) is 11.8. The summed E-state index contributed by atoms with van der Waals surface area (Å²) >= 11 is 0. The highest BCUT2D eigenvalue weighted by Gasteiger charge is 2.17. The Kier molecular flexibility index (Phi) is 4.39. The molecular formula is C10H20N4O. The van der Waals surface area contributed by atoms with E-state index in [4.69, 9.17) is 10.2 Å². The molecule has 15 heavy (non-hydrogen) atoms. The molecular weight excluding hydrogens is 192 g/mol. The molecule has 5 heteroatoms. The van der Waals surface area contributed by atoms with Gasteiger partial charge in [-0.1, -0.05) is 30.5 Å². The summed E-state index contributed by atoms with van der Waals surface area (Å²) in [6, 6.07) is 1.07. The summed E-state index contributed by atoms with van der Waals surface area (Å²) in [6.07, 6.45) is 3.31. The fourth-order valence-corrected chi connectivity index (χ4v) is 1.40. The van der Waals surface area contributed by atoms with E-state index >= 15 is 0 Å². The molecule has 86 valence electrons. The van der Waals surface area contributed by atoms with E-state index in [1.54, 1.807) is 0 Å². The maximum absolute atomic E-state index is 5.42. The fraction of sp³-hybridized carbons (Fsp3) is 0.800. The second kappa shape index (κ2) is 5.58. The van der Waals surface area contributed by atoms with Crippen molar-refractivity contribution >= 4 is 12.0 Å². The van der Waals surface area contributed by atoms with Gasteiger partial charge in [0.15, 0.2) is 0 Å². The first-order chi connectivity index (χ1) is 7.19. The van der Waals surface area contributed by atoms with Crippen molar-refractivity contribution in [2.45, 2.75) is 46.1 Å². The largest absolute Gasteiger partial charge is 0.390 e. The SMILES string of the molecule is CCCCN(c1nnc(N)o1)C(C)CC. The van der Waals surface area contributed by atoms with E-state index < -0.39 is 0 Å². The van der Waals surface area contributed by atoms with Crippen molar-refractivity contribution in [2.24, 2.45) is 0 Å². The van der Waals surface area contributed by atoms with Crippen LogP contribution in [-0.4, -0.2) is 22.8 Å². The van der Waals surface area contributed by atoms with Crippen LogP contribution in [0.15, 0.2) is 4.42 Å². The molecule has 1 heterocycles. The molecule has 0 aromatic carbocycles. The van der Waals surface area contributed by atoms with E-state index in [-0.39, 0.29) is 6.01 Å². The van der Waals surface area contributed by atoms with Crippen molar-refractivity contribution in [1.82, 2.24) is 10.2 Å². The highest BCUT2D eigenvalue weighted by Crippen LogP contribution is 2.18. The van der Waals surface area contributed by atoms with Crippen LogP contribution in [-0.2, 0) is 0 Å². The van der Waals surface area contributed by atoms with Crippen LogP contribution in [0.4, 0.5) is 12.0 Å². The van der Waals surface area contributed by atoms with Gasteiger partial charge in [-0.25, -0.2) is 0 Å². The normalized spacial score (nSPS) is 12.7. The number of hydrogen-bond acceptors (Lipinski definition) is 5. The highest BCUT2D eigenvalue weighted by molar-refractivity contribution is 5.29. The van der Waals surface area contributed by atoms with Gasteiger partial charge in [0.2, 0.25) is 0 Å². The molecule has 0 saturated heterocycles. The van der Waals surface area contributed by atoms with Crippen LogP contribution in [0, 0.1) is 0 Å². The summed E-state index contributed by atoms with van der Waals surface area (Å²) in [6.45, 7) is 7.39. The molecule has 0 fully saturated rings. The Morgan fingerprint density at radius 3 is 2.60 bits per heavy atom. The molecule has 0 radical (unpaired) electrons. The van der Waals surface area contributed by atoms with Gasteiger partial charge in [-0.3, -0.25) is 0 Å². The Bertz CT molecular complexity index is 287. The maximum Gasteiger partial charge on any atom is 0.319 e. The summed E-state index contributed by atoms with van der Waals surface area (Å²) in [5.41, 5.74) is 5.42. The lowest BCUT2D eigenvalue weighted by Crippen LogP contribution is -2.33. The van der Waals surface area contributed by atoms with Crippen LogP contribution in [0.3, 0.4) is 0 Å². The van der Waals surface area contributed by atoms with Crippen LogP contribution in [0.5, 0.6) is 0 Å². The Morgan fingerprint density at radius 1 is 1.40 bits per heavy atom. The summed E-state index contributed by atoms with van der Waals surface area (Å²) in [5, 5.41) is 7.60. The van der Waals surface area contributed by atoms with Crippen molar-refractivity contribution in [3.8, 4) is 0 Å². The topological polar surface area (TPSA) is 68.2 Å². The molecule has 5 nitrogen and oxygen atoms in total. The van der Waals surface area contributed by atoms with E-state index in [1.807, 2.05) is 0 Å². The van der Waals surface area contributed by atoms with E-state index in [0.29, 0.717) is 12.1 Å². The molecule has 1 unspecified atom stereocenters. The Labute approximate surface area is 90.7 Å². The molecule has 0 spiro atoms. The maximum atomic E-state index is 5.42. The molecule has 0 bridgehead atoms. The number of nitrogen functional groups attached to an aromatic ring is 1. The number of nitrogens with zero attached hydrogens (tertiary/aromatic N) is 3. The lowest BCUT2D eigenvalue weighted by Gasteiger charge is -2.26. The molecule has 1 rings (SSSR count). The van der Waals surface area contributed by atoms with Crippen LogP contribution in [0.2, 0.25) is 0 Å². The monoisotopic (exact) mass is 212 g/mol. The van der Waals surface area contributed by atoms with Crippen LogP contribution >= 0.6 is 0 Å². The summed E-state index contributed by atoms with van der Waals surface area (Å²) in [7, 11) is 0. The molecule has 0 amide bonds. The van der Waals surface area contributed by atoms with E-state index in [0.717, 1.165) is 25.8 Å². The van der Waals surface area contributed by atoms with Gasteiger partial charge in [0, 0.05) is 12.6 Å². The van der Waals surface area contributed by atoms with Crippen molar-refractivity contribution in [1.29, 1.82) is 0 Å². The number of unbranched alkanes of at least 4 members (excludes halogenated alkanes) is 1. The minimum absolute atomic E-state index is 0.134. The third kappa shape index (κ3) is 3.11. The standard InChI is InChI=1S/C10H20N4O/c1-4-6-7-14(8(3)5-2)10-13-12-9(11)15-10/h8H,4-7H2,1-3H3,(H2,11,12). The molecule has 1 atom stereocenters. The van der Waals surface area contributed by atoms with Crippen molar-refractivity contribution in [3.63, 3.8) is 0 Å². The van der Waals surface area contributed by atoms with Crippen LogP contribution in [0.25, 0.3) is 0 Å². The van der Waals surface area contributed by atoms with Gasteiger partial charge in [-0.15, -0.1) is 0 Å². The lowest BCUT2D eigenvalue weighted by atomic mass is 10.2. The summed E-state index contributed by atoms with van der Waals surface area (Å²) in [4.78, 5) is 2.12. The van der Waals surface area contributed by atoms with Crippen molar-refractivity contribution < 1.29 is 4.42 Å². The first-order valence-corrected chi connectivity index (χ1v) is 5.54. The van der Waals surface area contributed by atoms with Gasteiger partial charge in [0.25, 0.3) is 0 Å². The van der Waals surface area contributed by atoms with E-state index in [1.165, 1.54) is 0 Å². The lowest BCUT2D eigenvalue weighted by molar-refractivity contribution is 0.498. The second-order valence-electron chi connectivity index (χ2n) is 3.73. The van der Waals surface area contributed by atoms with Crippen LogP contribution < -0.4 is 10.6 Å². The van der Waals surface area contributed by atoms with Gasteiger partial charge in [-0.05, 0) is 19.8 Å². The molecule has 0 saturated carbocycles. The van der Waals surface area contributed by atoms with Gasteiger partial charge in [-0.2, -0.15) is 0 Å². The van der Waals surface area contributed by atoms with Crippen molar-refractivity contribution in [2.75, 3.05) is 17.2 Å². The Balaban J connectivity index is 2.71. The molecule has 0 aliphatic rings. The summed E-state index contributed by atoms with van der Waals surface area (Å²) in [5.74, 6) is 0. The van der Waals surface area contributed by atoms with E-state index in [2.05, 4.69) is 35.9 Å². The minimum Gasteiger partial charge on any atom is -0.390 e. The molecule has 0 aliphatic heterocycles. The molecule has 1 aromatic heterocycles. The van der Waals surface area contributed by atoms with Gasteiger partial charge in [0.1, 0.15) is 0 Å². The Hall–Kier alpha value is -1.26. The number of rotatable bonds is 6. The predicted molar refractivity (Wildman–Crippen MR) is 60.7 cm³/mol. The number of aromatic nitrogens is 2. The van der Waals surface area contributed by atoms with Crippen LogP contribution in [0.1, 0.15) is 40.0 Å². The number of anilines is 2. The molecule has 1 aromatic rings. The average molecular weight is 212 g/mol. The van der Waals surface area contributed by atoms with Gasteiger partial charge in [0.05, 0.1) is 0 Å². The minimum atomic E-state index is 0.134. The number of hydrogen-bond donors (Lipinski definition) is 1. The molecule has 2 N–H and O–H groups in total. The third-order valence-corrected chi connectivity index (χ3v) is 2.55.